The number of amides is 2. The Hall–Kier alpha value is -2.82. The summed E-state index contributed by atoms with van der Waals surface area (Å²) in [7, 11) is 0. The van der Waals surface area contributed by atoms with Gasteiger partial charge in [-0.05, 0) is 37.1 Å². The van der Waals surface area contributed by atoms with E-state index in [2.05, 4.69) is 10.6 Å². The molecule has 0 saturated heterocycles. The van der Waals surface area contributed by atoms with Gasteiger partial charge in [0.25, 0.3) is 0 Å². The molecule has 0 radical (unpaired) electrons. The Bertz CT molecular complexity index is 712. The first-order valence-corrected chi connectivity index (χ1v) is 8.78. The zero-order chi connectivity index (χ0) is 18.9. The summed E-state index contributed by atoms with van der Waals surface area (Å²) in [4.78, 5) is 23.7. The highest BCUT2D eigenvalue weighted by Crippen LogP contribution is 2.17. The zero-order valence-corrected chi connectivity index (χ0v) is 15.5. The van der Waals surface area contributed by atoms with E-state index in [0.29, 0.717) is 6.54 Å². The smallest absolute Gasteiger partial charge is 0.222 e. The molecule has 0 aliphatic carbocycles. The Morgan fingerprint density at radius 3 is 2.23 bits per heavy atom. The molecule has 0 aliphatic rings. The summed E-state index contributed by atoms with van der Waals surface area (Å²) in [5.74, 6) is 0.535. The van der Waals surface area contributed by atoms with Crippen LogP contribution < -0.4 is 15.4 Å². The maximum atomic E-state index is 12.3. The number of benzene rings is 2. The lowest BCUT2D eigenvalue weighted by molar-refractivity contribution is -0.122. The lowest BCUT2D eigenvalue weighted by Gasteiger charge is -2.18. The number of nitrogens with one attached hydrogen (secondary N) is 2. The Labute approximate surface area is 154 Å². The summed E-state index contributed by atoms with van der Waals surface area (Å²) < 4.78 is 5.61. The largest absolute Gasteiger partial charge is 0.491 e. The molecule has 2 N–H and O–H groups in total. The van der Waals surface area contributed by atoms with Crippen molar-refractivity contribution in [1.82, 2.24) is 10.6 Å². The topological polar surface area (TPSA) is 67.4 Å². The van der Waals surface area contributed by atoms with E-state index in [1.807, 2.05) is 68.4 Å². The van der Waals surface area contributed by atoms with E-state index in [1.165, 1.54) is 6.92 Å². The van der Waals surface area contributed by atoms with Gasteiger partial charge in [0.2, 0.25) is 11.8 Å². The third-order valence-corrected chi connectivity index (χ3v) is 3.75. The molecular weight excluding hydrogens is 328 g/mol. The van der Waals surface area contributed by atoms with Crippen LogP contribution in [0.4, 0.5) is 0 Å². The molecule has 26 heavy (non-hydrogen) atoms. The van der Waals surface area contributed by atoms with Gasteiger partial charge in [-0.3, -0.25) is 9.59 Å². The van der Waals surface area contributed by atoms with Crippen LogP contribution in [0, 0.1) is 0 Å². The molecule has 2 amide bonds. The van der Waals surface area contributed by atoms with Gasteiger partial charge in [0.15, 0.2) is 0 Å². The van der Waals surface area contributed by atoms with Gasteiger partial charge >= 0.3 is 0 Å². The van der Waals surface area contributed by atoms with E-state index >= 15 is 0 Å². The molecule has 1 unspecified atom stereocenters. The van der Waals surface area contributed by atoms with Crippen LogP contribution in [0.15, 0.2) is 54.6 Å². The van der Waals surface area contributed by atoms with Crippen LogP contribution in [0.2, 0.25) is 0 Å². The Morgan fingerprint density at radius 2 is 1.65 bits per heavy atom. The van der Waals surface area contributed by atoms with Gasteiger partial charge in [-0.1, -0.05) is 42.5 Å². The van der Waals surface area contributed by atoms with Crippen molar-refractivity contribution in [1.29, 1.82) is 0 Å². The van der Waals surface area contributed by atoms with E-state index in [9.17, 15) is 9.59 Å². The molecule has 0 saturated carbocycles. The van der Waals surface area contributed by atoms with Crippen LogP contribution in [0.5, 0.6) is 5.75 Å². The lowest BCUT2D eigenvalue weighted by atomic mass is 10.0. The first-order chi connectivity index (χ1) is 12.4. The van der Waals surface area contributed by atoms with Gasteiger partial charge in [-0.25, -0.2) is 0 Å². The Kier molecular flexibility index (Phi) is 7.21. The summed E-state index contributed by atoms with van der Waals surface area (Å²) in [6.07, 6.45) is 0.322. The second-order valence-electron chi connectivity index (χ2n) is 6.46. The number of carbonyl (C=O) groups excluding carboxylic acids is 2. The number of hydrogen-bond acceptors (Lipinski definition) is 3. The van der Waals surface area contributed by atoms with Crippen LogP contribution in [-0.2, 0) is 16.1 Å². The monoisotopic (exact) mass is 354 g/mol. The highest BCUT2D eigenvalue weighted by molar-refractivity contribution is 5.79. The van der Waals surface area contributed by atoms with Crippen LogP contribution >= 0.6 is 0 Å². The quantitative estimate of drug-likeness (QED) is 0.764. The van der Waals surface area contributed by atoms with E-state index in [4.69, 9.17) is 4.74 Å². The number of rotatable bonds is 8. The summed E-state index contributed by atoms with van der Waals surface area (Å²) in [5, 5.41) is 5.74. The molecular formula is C21H26N2O3. The summed E-state index contributed by atoms with van der Waals surface area (Å²) in [5.41, 5.74) is 1.90. The SMILES string of the molecule is CC(=O)NC(CC(=O)NCc1ccc(OC(C)C)cc1)c1ccccc1. The number of hydrogen-bond donors (Lipinski definition) is 2. The zero-order valence-electron chi connectivity index (χ0n) is 15.5. The van der Waals surface area contributed by atoms with E-state index in [-0.39, 0.29) is 30.4 Å². The second-order valence-corrected chi connectivity index (χ2v) is 6.46. The number of carbonyl (C=O) groups is 2. The minimum atomic E-state index is -0.337. The minimum Gasteiger partial charge on any atom is -0.491 e. The fourth-order valence-electron chi connectivity index (χ4n) is 2.60. The average molecular weight is 354 g/mol. The van der Waals surface area contributed by atoms with Crippen molar-refractivity contribution in [3.8, 4) is 5.75 Å². The van der Waals surface area contributed by atoms with Gasteiger partial charge in [0, 0.05) is 13.5 Å². The molecule has 0 heterocycles. The van der Waals surface area contributed by atoms with Crippen molar-refractivity contribution in [2.45, 2.75) is 45.9 Å². The van der Waals surface area contributed by atoms with Gasteiger partial charge in [-0.15, -0.1) is 0 Å². The molecule has 0 fully saturated rings. The molecule has 2 aromatic carbocycles. The predicted molar refractivity (Wildman–Crippen MR) is 102 cm³/mol. The Morgan fingerprint density at radius 1 is 1.00 bits per heavy atom. The number of ether oxygens (including phenoxy) is 1. The average Bonchev–Trinajstić information content (AvgIpc) is 2.60. The molecule has 138 valence electrons. The first-order valence-electron chi connectivity index (χ1n) is 8.78. The van der Waals surface area contributed by atoms with Gasteiger partial charge < -0.3 is 15.4 Å². The van der Waals surface area contributed by atoms with Crippen LogP contribution in [0.25, 0.3) is 0 Å². The van der Waals surface area contributed by atoms with Crippen molar-refractivity contribution in [2.75, 3.05) is 0 Å². The van der Waals surface area contributed by atoms with Gasteiger partial charge in [-0.2, -0.15) is 0 Å². The van der Waals surface area contributed by atoms with E-state index in [1.54, 1.807) is 0 Å². The highest BCUT2D eigenvalue weighted by Gasteiger charge is 2.16. The standard InChI is InChI=1S/C21H26N2O3/c1-15(2)26-19-11-9-17(10-12-19)14-22-21(25)13-20(23-16(3)24)18-7-5-4-6-8-18/h4-12,15,20H,13-14H2,1-3H3,(H,22,25)(H,23,24). The maximum Gasteiger partial charge on any atom is 0.222 e. The minimum absolute atomic E-state index is 0.116. The van der Waals surface area contributed by atoms with E-state index < -0.39 is 0 Å². The maximum absolute atomic E-state index is 12.3. The predicted octanol–water partition coefficient (Wildman–Crippen LogP) is 3.36. The molecule has 2 rings (SSSR count). The molecule has 0 bridgehead atoms. The summed E-state index contributed by atoms with van der Waals surface area (Å²) in [6, 6.07) is 16.8. The highest BCUT2D eigenvalue weighted by atomic mass is 16.5. The van der Waals surface area contributed by atoms with Crippen molar-refractivity contribution in [3.05, 3.63) is 65.7 Å². The molecule has 0 aliphatic heterocycles. The molecule has 1 atom stereocenters. The molecule has 5 heteroatoms. The van der Waals surface area contributed by atoms with Crippen LogP contribution in [-0.4, -0.2) is 17.9 Å². The molecule has 5 nitrogen and oxygen atoms in total. The third kappa shape index (κ3) is 6.59. The van der Waals surface area contributed by atoms with Crippen molar-refractivity contribution < 1.29 is 14.3 Å². The molecule has 0 aromatic heterocycles. The first kappa shape index (κ1) is 19.5. The third-order valence-electron chi connectivity index (χ3n) is 3.75. The van der Waals surface area contributed by atoms with E-state index in [0.717, 1.165) is 16.9 Å². The van der Waals surface area contributed by atoms with Crippen molar-refractivity contribution >= 4 is 11.8 Å². The molecule has 2 aromatic rings. The normalized spacial score (nSPS) is 11.7. The fraction of sp³-hybridized carbons (Fsp3) is 0.333. The van der Waals surface area contributed by atoms with Crippen LogP contribution in [0.3, 0.4) is 0 Å². The van der Waals surface area contributed by atoms with Gasteiger partial charge in [0.1, 0.15) is 5.75 Å². The molecule has 0 spiro atoms. The fourth-order valence-corrected chi connectivity index (χ4v) is 2.60. The van der Waals surface area contributed by atoms with Crippen molar-refractivity contribution in [3.63, 3.8) is 0 Å². The lowest BCUT2D eigenvalue weighted by Crippen LogP contribution is -2.32. The van der Waals surface area contributed by atoms with Gasteiger partial charge in [0.05, 0.1) is 18.6 Å². The van der Waals surface area contributed by atoms with Crippen molar-refractivity contribution in [2.24, 2.45) is 0 Å². The summed E-state index contributed by atoms with van der Waals surface area (Å²) in [6.45, 7) is 5.84. The summed E-state index contributed by atoms with van der Waals surface area (Å²) >= 11 is 0. The second kappa shape index (κ2) is 9.61. The Balaban J connectivity index is 1.90. The van der Waals surface area contributed by atoms with Crippen LogP contribution in [0.1, 0.15) is 44.4 Å².